The standard InChI is InChI=1S/C13H7BrFIN2O3/c14-9-3-1-7(5-12(9)18(20)21)13(19)17-11-4-2-8(15)6-10(11)16/h1-6H,(H,17,19). The Bertz CT molecular complexity index is 739. The van der Waals surface area contributed by atoms with Crippen LogP contribution in [0.4, 0.5) is 15.8 Å². The van der Waals surface area contributed by atoms with Crippen LogP contribution in [0.3, 0.4) is 0 Å². The molecular formula is C13H7BrFIN2O3. The second-order valence-corrected chi connectivity index (χ2v) is 6.02. The van der Waals surface area contributed by atoms with Crippen molar-refractivity contribution in [2.24, 2.45) is 0 Å². The van der Waals surface area contributed by atoms with E-state index in [1.54, 1.807) is 0 Å². The van der Waals surface area contributed by atoms with E-state index in [4.69, 9.17) is 0 Å². The Morgan fingerprint density at radius 2 is 2.00 bits per heavy atom. The Kier molecular flexibility index (Phi) is 4.88. The first kappa shape index (κ1) is 15.8. The summed E-state index contributed by atoms with van der Waals surface area (Å²) in [6.07, 6.45) is 0. The Morgan fingerprint density at radius 1 is 1.29 bits per heavy atom. The third-order valence-electron chi connectivity index (χ3n) is 2.58. The number of nitro groups is 1. The number of nitro benzene ring substituents is 1. The van der Waals surface area contributed by atoms with Gasteiger partial charge in [0, 0.05) is 15.2 Å². The van der Waals surface area contributed by atoms with E-state index in [2.05, 4.69) is 21.2 Å². The Hall–Kier alpha value is -1.55. The molecule has 2 aromatic carbocycles. The molecule has 1 N–H and O–H groups in total. The van der Waals surface area contributed by atoms with Crippen LogP contribution in [0.5, 0.6) is 0 Å². The van der Waals surface area contributed by atoms with E-state index >= 15 is 0 Å². The number of hydrogen-bond donors (Lipinski definition) is 1. The maximum Gasteiger partial charge on any atom is 0.284 e. The van der Waals surface area contributed by atoms with Crippen molar-refractivity contribution in [2.75, 3.05) is 5.32 Å². The lowest BCUT2D eigenvalue weighted by atomic mass is 10.2. The van der Waals surface area contributed by atoms with Crippen LogP contribution in [0.25, 0.3) is 0 Å². The summed E-state index contributed by atoms with van der Waals surface area (Å²) in [5.41, 5.74) is 0.383. The van der Waals surface area contributed by atoms with Crippen molar-refractivity contribution in [3.8, 4) is 0 Å². The zero-order valence-corrected chi connectivity index (χ0v) is 14.0. The molecule has 108 valence electrons. The summed E-state index contributed by atoms with van der Waals surface area (Å²) < 4.78 is 13.8. The van der Waals surface area contributed by atoms with Gasteiger partial charge >= 0.3 is 0 Å². The summed E-state index contributed by atoms with van der Waals surface area (Å²) in [4.78, 5) is 22.4. The van der Waals surface area contributed by atoms with Gasteiger partial charge in [0.15, 0.2) is 0 Å². The minimum Gasteiger partial charge on any atom is -0.321 e. The Morgan fingerprint density at radius 3 is 2.62 bits per heavy atom. The van der Waals surface area contributed by atoms with Crippen molar-refractivity contribution in [3.63, 3.8) is 0 Å². The molecule has 0 aromatic heterocycles. The molecule has 21 heavy (non-hydrogen) atoms. The molecule has 8 heteroatoms. The molecule has 0 aliphatic rings. The normalized spacial score (nSPS) is 10.2. The van der Waals surface area contributed by atoms with Crippen LogP contribution < -0.4 is 5.32 Å². The van der Waals surface area contributed by atoms with Gasteiger partial charge in [-0.05, 0) is 68.9 Å². The van der Waals surface area contributed by atoms with Gasteiger partial charge in [-0.3, -0.25) is 14.9 Å². The van der Waals surface area contributed by atoms with Crippen LogP contribution in [0, 0.1) is 19.5 Å². The van der Waals surface area contributed by atoms with Gasteiger partial charge in [0.2, 0.25) is 0 Å². The van der Waals surface area contributed by atoms with Crippen molar-refractivity contribution >= 4 is 55.8 Å². The highest BCUT2D eigenvalue weighted by Gasteiger charge is 2.16. The zero-order valence-electron chi connectivity index (χ0n) is 10.3. The van der Waals surface area contributed by atoms with Gasteiger partial charge in [-0.2, -0.15) is 0 Å². The molecule has 0 atom stereocenters. The predicted molar refractivity (Wildman–Crippen MR) is 87.9 cm³/mol. The third-order valence-corrected chi connectivity index (χ3v) is 4.15. The number of anilines is 1. The molecule has 0 saturated carbocycles. The first-order valence-electron chi connectivity index (χ1n) is 5.59. The van der Waals surface area contributed by atoms with Gasteiger partial charge in [-0.1, -0.05) is 0 Å². The maximum absolute atomic E-state index is 13.0. The predicted octanol–water partition coefficient (Wildman–Crippen LogP) is 4.35. The summed E-state index contributed by atoms with van der Waals surface area (Å²) in [7, 11) is 0. The molecule has 0 spiro atoms. The average molecular weight is 465 g/mol. The lowest BCUT2D eigenvalue weighted by molar-refractivity contribution is -0.385. The maximum atomic E-state index is 13.0. The summed E-state index contributed by atoms with van der Waals surface area (Å²) in [5, 5.41) is 13.4. The first-order chi connectivity index (χ1) is 9.88. The summed E-state index contributed by atoms with van der Waals surface area (Å²) >= 11 is 4.94. The van der Waals surface area contributed by atoms with Crippen LogP contribution in [0.1, 0.15) is 10.4 Å². The van der Waals surface area contributed by atoms with Crippen LogP contribution in [-0.4, -0.2) is 10.8 Å². The number of amides is 1. The Balaban J connectivity index is 2.28. The van der Waals surface area contributed by atoms with E-state index in [0.29, 0.717) is 13.7 Å². The van der Waals surface area contributed by atoms with Gasteiger partial charge in [0.05, 0.1) is 15.1 Å². The number of nitrogens with one attached hydrogen (secondary N) is 1. The largest absolute Gasteiger partial charge is 0.321 e. The molecule has 5 nitrogen and oxygen atoms in total. The quantitative estimate of drug-likeness (QED) is 0.417. The molecule has 0 bridgehead atoms. The van der Waals surface area contributed by atoms with Crippen LogP contribution in [0.15, 0.2) is 40.9 Å². The number of nitrogens with zero attached hydrogens (tertiary/aromatic N) is 1. The summed E-state index contributed by atoms with van der Waals surface area (Å²) in [5.74, 6) is -0.910. The third kappa shape index (κ3) is 3.76. The fourth-order valence-electron chi connectivity index (χ4n) is 1.58. The van der Waals surface area contributed by atoms with Crippen molar-refractivity contribution in [3.05, 3.63) is 65.9 Å². The fraction of sp³-hybridized carbons (Fsp3) is 0. The van der Waals surface area contributed by atoms with Gasteiger partial charge < -0.3 is 5.32 Å². The molecule has 0 unspecified atom stereocenters. The number of hydrogen-bond acceptors (Lipinski definition) is 3. The second-order valence-electron chi connectivity index (χ2n) is 4.00. The van der Waals surface area contributed by atoms with Gasteiger partial charge in [-0.25, -0.2) is 4.39 Å². The second kappa shape index (κ2) is 6.48. The van der Waals surface area contributed by atoms with E-state index in [9.17, 15) is 19.3 Å². The van der Waals surface area contributed by atoms with E-state index in [1.165, 1.54) is 36.4 Å². The lowest BCUT2D eigenvalue weighted by Crippen LogP contribution is -2.13. The van der Waals surface area contributed by atoms with E-state index in [0.717, 1.165) is 0 Å². The van der Waals surface area contributed by atoms with Crippen molar-refractivity contribution in [2.45, 2.75) is 0 Å². The van der Waals surface area contributed by atoms with Crippen molar-refractivity contribution in [1.29, 1.82) is 0 Å². The van der Waals surface area contributed by atoms with Crippen molar-refractivity contribution < 1.29 is 14.1 Å². The number of carbonyl (C=O) groups excluding carboxylic acids is 1. The average Bonchev–Trinajstić information content (AvgIpc) is 2.42. The number of carbonyl (C=O) groups is 1. The fourth-order valence-corrected chi connectivity index (χ4v) is 2.58. The van der Waals surface area contributed by atoms with E-state index in [-0.39, 0.29) is 11.3 Å². The van der Waals surface area contributed by atoms with Crippen LogP contribution in [0.2, 0.25) is 0 Å². The van der Waals surface area contributed by atoms with Crippen LogP contribution in [-0.2, 0) is 0 Å². The topological polar surface area (TPSA) is 72.2 Å². The summed E-state index contributed by atoms with van der Waals surface area (Å²) in [6.45, 7) is 0. The zero-order chi connectivity index (χ0) is 15.6. The van der Waals surface area contributed by atoms with E-state index < -0.39 is 16.6 Å². The van der Waals surface area contributed by atoms with E-state index in [1.807, 2.05) is 22.6 Å². The number of halogens is 3. The molecule has 0 aliphatic heterocycles. The molecule has 0 fully saturated rings. The molecular weight excluding hydrogens is 458 g/mol. The number of rotatable bonds is 3. The van der Waals surface area contributed by atoms with Gasteiger partial charge in [-0.15, -0.1) is 0 Å². The van der Waals surface area contributed by atoms with Gasteiger partial charge in [0.25, 0.3) is 11.6 Å². The molecule has 2 rings (SSSR count). The number of benzene rings is 2. The molecule has 1 amide bonds. The molecule has 2 aromatic rings. The van der Waals surface area contributed by atoms with Crippen molar-refractivity contribution in [1.82, 2.24) is 0 Å². The van der Waals surface area contributed by atoms with Crippen LogP contribution >= 0.6 is 38.5 Å². The first-order valence-corrected chi connectivity index (χ1v) is 7.46. The Labute approximate surface area is 141 Å². The smallest absolute Gasteiger partial charge is 0.284 e. The minimum absolute atomic E-state index is 0.144. The molecule has 0 saturated heterocycles. The molecule has 0 heterocycles. The highest BCUT2D eigenvalue weighted by molar-refractivity contribution is 14.1. The highest BCUT2D eigenvalue weighted by atomic mass is 127. The minimum atomic E-state index is -0.581. The monoisotopic (exact) mass is 464 g/mol. The molecule has 0 aliphatic carbocycles. The van der Waals surface area contributed by atoms with Gasteiger partial charge in [0.1, 0.15) is 5.82 Å². The SMILES string of the molecule is O=C(Nc1ccc(F)cc1I)c1ccc(Br)c([N+](=O)[O-])c1. The molecule has 0 radical (unpaired) electrons. The lowest BCUT2D eigenvalue weighted by Gasteiger charge is -2.07. The summed E-state index contributed by atoms with van der Waals surface area (Å²) in [6, 6.07) is 8.01. The highest BCUT2D eigenvalue weighted by Crippen LogP contribution is 2.26.